The normalized spacial score (nSPS) is 10.7. The average molecular weight is 471 g/mol. The third-order valence-electron chi connectivity index (χ3n) is 4.27. The van der Waals surface area contributed by atoms with Gasteiger partial charge in [0.05, 0.1) is 28.3 Å². The Morgan fingerprint density at radius 3 is 2.61 bits per heavy atom. The van der Waals surface area contributed by atoms with E-state index < -0.39 is 10.9 Å². The van der Waals surface area contributed by atoms with Crippen LogP contribution in [-0.2, 0) is 6.61 Å². The Bertz CT molecular complexity index is 1170. The van der Waals surface area contributed by atoms with E-state index in [0.717, 1.165) is 11.8 Å². The molecule has 0 spiro atoms. The number of nitrogens with zero attached hydrogens (tertiary/aromatic N) is 3. The number of halogens is 1. The second-order valence-electron chi connectivity index (χ2n) is 6.58. The molecule has 10 nitrogen and oxygen atoms in total. The molecule has 0 aliphatic carbocycles. The van der Waals surface area contributed by atoms with E-state index in [9.17, 15) is 14.9 Å². The largest absolute Gasteiger partial charge is 0.490 e. The van der Waals surface area contributed by atoms with Crippen LogP contribution >= 0.6 is 11.6 Å². The first-order chi connectivity index (χ1) is 15.9. The van der Waals surface area contributed by atoms with Gasteiger partial charge in [-0.05, 0) is 48.4 Å². The molecule has 0 fully saturated rings. The molecule has 0 saturated carbocycles. The number of carboxylic acids is 1. The highest BCUT2D eigenvalue weighted by Gasteiger charge is 2.13. The van der Waals surface area contributed by atoms with E-state index in [2.05, 4.69) is 15.5 Å². The van der Waals surface area contributed by atoms with E-state index in [1.807, 2.05) is 6.92 Å². The predicted octanol–water partition coefficient (Wildman–Crippen LogP) is 4.77. The van der Waals surface area contributed by atoms with Gasteiger partial charge in [-0.15, -0.1) is 0 Å². The maximum atomic E-state index is 11.0. The molecule has 170 valence electrons. The minimum Gasteiger partial charge on any atom is -0.490 e. The van der Waals surface area contributed by atoms with Crippen LogP contribution < -0.4 is 14.9 Å². The molecule has 0 bridgehead atoms. The summed E-state index contributed by atoms with van der Waals surface area (Å²) in [5, 5.41) is 24.0. The fourth-order valence-corrected chi connectivity index (χ4v) is 2.97. The molecule has 2 aromatic carbocycles. The molecular formula is C22H19ClN4O6. The second kappa shape index (κ2) is 10.9. The zero-order valence-corrected chi connectivity index (χ0v) is 18.2. The minimum atomic E-state index is -1.000. The number of hydrogen-bond donors (Lipinski definition) is 2. The first-order valence-electron chi connectivity index (χ1n) is 9.68. The molecule has 0 aliphatic rings. The minimum absolute atomic E-state index is 0.119. The number of nitrogens with one attached hydrogen (secondary N) is 1. The van der Waals surface area contributed by atoms with E-state index in [0.29, 0.717) is 34.5 Å². The van der Waals surface area contributed by atoms with Crippen LogP contribution in [-0.4, -0.2) is 33.8 Å². The maximum Gasteiger partial charge on any atom is 0.335 e. The van der Waals surface area contributed by atoms with Crippen LogP contribution in [0.4, 0.5) is 11.5 Å². The molecule has 1 heterocycles. The number of rotatable bonds is 10. The lowest BCUT2D eigenvalue weighted by Crippen LogP contribution is -2.02. The molecule has 0 amide bonds. The lowest BCUT2D eigenvalue weighted by atomic mass is 10.1. The van der Waals surface area contributed by atoms with Crippen LogP contribution in [0.3, 0.4) is 0 Å². The number of pyridine rings is 1. The summed E-state index contributed by atoms with van der Waals surface area (Å²) in [7, 11) is 0. The van der Waals surface area contributed by atoms with Crippen molar-refractivity contribution in [1.29, 1.82) is 0 Å². The predicted molar refractivity (Wildman–Crippen MR) is 122 cm³/mol. The second-order valence-corrected chi connectivity index (χ2v) is 6.99. The number of nitro groups is 1. The van der Waals surface area contributed by atoms with Gasteiger partial charge < -0.3 is 14.6 Å². The van der Waals surface area contributed by atoms with Crippen LogP contribution in [0.1, 0.15) is 28.4 Å². The van der Waals surface area contributed by atoms with E-state index in [1.165, 1.54) is 30.5 Å². The molecule has 3 rings (SSSR count). The number of anilines is 1. The van der Waals surface area contributed by atoms with Gasteiger partial charge in [0.25, 0.3) is 5.69 Å². The number of carboxylic acid groups (broad SMARTS) is 1. The molecule has 1 aromatic heterocycles. The summed E-state index contributed by atoms with van der Waals surface area (Å²) >= 11 is 6.41. The third-order valence-corrected chi connectivity index (χ3v) is 4.55. The third kappa shape index (κ3) is 6.40. The first-order valence-corrected chi connectivity index (χ1v) is 10.1. The van der Waals surface area contributed by atoms with Gasteiger partial charge in [-0.3, -0.25) is 15.5 Å². The fourth-order valence-electron chi connectivity index (χ4n) is 2.70. The Hall–Kier alpha value is -4.18. The monoisotopic (exact) mass is 470 g/mol. The Morgan fingerprint density at radius 1 is 1.24 bits per heavy atom. The van der Waals surface area contributed by atoms with Gasteiger partial charge in [0.1, 0.15) is 18.6 Å². The highest BCUT2D eigenvalue weighted by molar-refractivity contribution is 6.32. The van der Waals surface area contributed by atoms with Crippen molar-refractivity contribution in [2.75, 3.05) is 12.0 Å². The summed E-state index contributed by atoms with van der Waals surface area (Å²) in [6.07, 6.45) is 2.62. The lowest BCUT2D eigenvalue weighted by Gasteiger charge is -2.14. The highest BCUT2D eigenvalue weighted by Crippen LogP contribution is 2.37. The molecule has 0 radical (unpaired) electrons. The molecule has 33 heavy (non-hydrogen) atoms. The first kappa shape index (κ1) is 23.5. The lowest BCUT2D eigenvalue weighted by molar-refractivity contribution is -0.385. The van der Waals surface area contributed by atoms with Crippen molar-refractivity contribution in [2.45, 2.75) is 13.5 Å². The van der Waals surface area contributed by atoms with Crippen LogP contribution in [0.5, 0.6) is 11.5 Å². The zero-order valence-electron chi connectivity index (χ0n) is 17.4. The van der Waals surface area contributed by atoms with E-state index in [1.54, 1.807) is 24.3 Å². The van der Waals surface area contributed by atoms with Gasteiger partial charge in [0, 0.05) is 6.07 Å². The van der Waals surface area contributed by atoms with Gasteiger partial charge >= 0.3 is 5.97 Å². The van der Waals surface area contributed by atoms with Crippen molar-refractivity contribution >= 4 is 35.3 Å². The molecule has 11 heteroatoms. The molecule has 0 unspecified atom stereocenters. The van der Waals surface area contributed by atoms with Crippen molar-refractivity contribution in [2.24, 2.45) is 5.10 Å². The van der Waals surface area contributed by atoms with Crippen LogP contribution in [0.2, 0.25) is 5.02 Å². The van der Waals surface area contributed by atoms with Crippen molar-refractivity contribution in [3.05, 3.63) is 86.6 Å². The Morgan fingerprint density at radius 2 is 2.00 bits per heavy atom. The van der Waals surface area contributed by atoms with E-state index in [4.69, 9.17) is 26.2 Å². The summed E-state index contributed by atoms with van der Waals surface area (Å²) in [6, 6.07) is 12.4. The Labute approximate surface area is 193 Å². The number of benzene rings is 2. The van der Waals surface area contributed by atoms with Gasteiger partial charge in [0.15, 0.2) is 11.5 Å². The van der Waals surface area contributed by atoms with Gasteiger partial charge in [0.2, 0.25) is 0 Å². The summed E-state index contributed by atoms with van der Waals surface area (Å²) in [5.74, 6) is 0.104. The topological polar surface area (TPSA) is 136 Å². The molecule has 3 aromatic rings. The maximum absolute atomic E-state index is 11.0. The summed E-state index contributed by atoms with van der Waals surface area (Å²) < 4.78 is 11.5. The molecule has 0 saturated heterocycles. The van der Waals surface area contributed by atoms with Crippen LogP contribution in [0.15, 0.2) is 59.8 Å². The number of aromatic nitrogens is 1. The number of hydrogen-bond acceptors (Lipinski definition) is 8. The summed E-state index contributed by atoms with van der Waals surface area (Å²) in [5.41, 5.74) is 4.14. The number of ether oxygens (including phenoxy) is 2. The number of hydrazone groups is 1. The van der Waals surface area contributed by atoms with E-state index in [-0.39, 0.29) is 17.9 Å². The Balaban J connectivity index is 1.71. The zero-order chi connectivity index (χ0) is 23.8. The molecule has 0 aliphatic heterocycles. The molecular weight excluding hydrogens is 452 g/mol. The van der Waals surface area contributed by atoms with Gasteiger partial charge in [-0.25, -0.2) is 9.78 Å². The number of aromatic carboxylic acids is 1. The van der Waals surface area contributed by atoms with Gasteiger partial charge in [-0.1, -0.05) is 23.7 Å². The standard InChI is InChI=1S/C22H19ClN4O6/c1-2-32-19-10-15(11-25-26-20-8-7-17(12-24-20)27(30)31)9-18(23)21(19)33-13-14-3-5-16(6-4-14)22(28)29/h3-12H,2,13H2,1H3,(H,24,26)(H,28,29)/b25-11+. The Kier molecular flexibility index (Phi) is 7.77. The van der Waals surface area contributed by atoms with Crippen molar-refractivity contribution in [3.63, 3.8) is 0 Å². The van der Waals surface area contributed by atoms with Crippen molar-refractivity contribution < 1.29 is 24.3 Å². The molecule has 2 N–H and O–H groups in total. The van der Waals surface area contributed by atoms with Crippen molar-refractivity contribution in [3.8, 4) is 11.5 Å². The van der Waals surface area contributed by atoms with E-state index >= 15 is 0 Å². The number of carbonyl (C=O) groups is 1. The van der Waals surface area contributed by atoms with Crippen LogP contribution in [0.25, 0.3) is 0 Å². The summed E-state index contributed by atoms with van der Waals surface area (Å²) in [4.78, 5) is 25.0. The SMILES string of the molecule is CCOc1cc(/C=N/Nc2ccc([N+](=O)[O-])cn2)cc(Cl)c1OCc1ccc(C(=O)O)cc1. The smallest absolute Gasteiger partial charge is 0.335 e. The average Bonchev–Trinajstić information content (AvgIpc) is 2.79. The quantitative estimate of drug-likeness (QED) is 0.246. The molecule has 0 atom stereocenters. The van der Waals surface area contributed by atoms with Crippen molar-refractivity contribution in [1.82, 2.24) is 4.98 Å². The van der Waals surface area contributed by atoms with Crippen LogP contribution in [0, 0.1) is 10.1 Å². The summed E-state index contributed by atoms with van der Waals surface area (Å²) in [6.45, 7) is 2.37. The fraction of sp³-hybridized carbons (Fsp3) is 0.136. The van der Waals surface area contributed by atoms with Gasteiger partial charge in [-0.2, -0.15) is 5.10 Å². The highest BCUT2D eigenvalue weighted by atomic mass is 35.5.